The zero-order valence-electron chi connectivity index (χ0n) is 12.0. The molecule has 110 valence electrons. The number of amides is 1. The van der Waals surface area contributed by atoms with Crippen molar-refractivity contribution >= 4 is 12.0 Å². The lowest BCUT2D eigenvalue weighted by Crippen LogP contribution is -2.42. The van der Waals surface area contributed by atoms with Gasteiger partial charge in [-0.3, -0.25) is 9.48 Å². The van der Waals surface area contributed by atoms with Crippen molar-refractivity contribution in [3.63, 3.8) is 0 Å². The van der Waals surface area contributed by atoms with E-state index in [4.69, 9.17) is 0 Å². The lowest BCUT2D eigenvalue weighted by molar-refractivity contribution is -0.117. The SMILES string of the molecule is Cn1nccc1C=CC(=O)NCC1(O)CCCCCC1. The Balaban J connectivity index is 1.82. The third-order valence-corrected chi connectivity index (χ3v) is 3.89. The Labute approximate surface area is 119 Å². The van der Waals surface area contributed by atoms with Crippen LogP contribution in [0.2, 0.25) is 0 Å². The molecule has 0 unspecified atom stereocenters. The molecule has 0 atom stereocenters. The van der Waals surface area contributed by atoms with Gasteiger partial charge in [-0.1, -0.05) is 25.7 Å². The number of aryl methyl sites for hydroxylation is 1. The zero-order valence-corrected chi connectivity index (χ0v) is 12.0. The van der Waals surface area contributed by atoms with Crippen LogP contribution in [0.15, 0.2) is 18.3 Å². The molecule has 1 aromatic rings. The Kier molecular flexibility index (Phi) is 4.95. The predicted molar refractivity (Wildman–Crippen MR) is 77.9 cm³/mol. The van der Waals surface area contributed by atoms with Crippen LogP contribution >= 0.6 is 0 Å². The normalized spacial score (nSPS) is 18.9. The second-order valence-electron chi connectivity index (χ2n) is 5.57. The van der Waals surface area contributed by atoms with Crippen molar-refractivity contribution in [2.45, 2.75) is 44.1 Å². The highest BCUT2D eigenvalue weighted by molar-refractivity contribution is 5.91. The van der Waals surface area contributed by atoms with Crippen molar-refractivity contribution in [2.75, 3.05) is 6.54 Å². The van der Waals surface area contributed by atoms with Crippen LogP contribution in [-0.4, -0.2) is 32.9 Å². The molecule has 0 radical (unpaired) electrons. The monoisotopic (exact) mass is 277 g/mol. The molecule has 1 aliphatic rings. The third kappa shape index (κ3) is 4.20. The van der Waals surface area contributed by atoms with Crippen LogP contribution in [-0.2, 0) is 11.8 Å². The van der Waals surface area contributed by atoms with Crippen LogP contribution in [0.3, 0.4) is 0 Å². The predicted octanol–water partition coefficient (Wildman–Crippen LogP) is 1.63. The number of aromatic nitrogens is 2. The van der Waals surface area contributed by atoms with Gasteiger partial charge in [-0.2, -0.15) is 5.10 Å². The summed E-state index contributed by atoms with van der Waals surface area (Å²) < 4.78 is 1.70. The molecule has 1 saturated carbocycles. The maximum atomic E-state index is 11.8. The van der Waals surface area contributed by atoms with E-state index in [1.165, 1.54) is 18.9 Å². The molecular weight excluding hydrogens is 254 g/mol. The van der Waals surface area contributed by atoms with E-state index in [1.54, 1.807) is 17.0 Å². The molecule has 1 fully saturated rings. The van der Waals surface area contributed by atoms with Crippen molar-refractivity contribution in [3.8, 4) is 0 Å². The van der Waals surface area contributed by atoms with Gasteiger partial charge in [-0.05, 0) is 25.0 Å². The molecule has 1 aromatic heterocycles. The first-order valence-electron chi connectivity index (χ1n) is 7.25. The summed E-state index contributed by atoms with van der Waals surface area (Å²) >= 11 is 0. The summed E-state index contributed by atoms with van der Waals surface area (Å²) in [5.41, 5.74) is 0.139. The highest BCUT2D eigenvalue weighted by Gasteiger charge is 2.27. The fourth-order valence-electron chi connectivity index (χ4n) is 2.58. The summed E-state index contributed by atoms with van der Waals surface area (Å²) in [6, 6.07) is 1.84. The van der Waals surface area contributed by atoms with Crippen molar-refractivity contribution < 1.29 is 9.90 Å². The Hall–Kier alpha value is -1.62. The zero-order chi connectivity index (χ0) is 14.4. The molecule has 20 heavy (non-hydrogen) atoms. The largest absolute Gasteiger partial charge is 0.388 e. The van der Waals surface area contributed by atoms with Crippen LogP contribution in [0.4, 0.5) is 0 Å². The maximum Gasteiger partial charge on any atom is 0.244 e. The molecule has 1 heterocycles. The van der Waals surface area contributed by atoms with Crippen LogP contribution in [0.25, 0.3) is 6.08 Å². The molecule has 2 rings (SSSR count). The second-order valence-corrected chi connectivity index (χ2v) is 5.57. The number of rotatable bonds is 4. The number of carbonyl (C=O) groups is 1. The molecule has 2 N–H and O–H groups in total. The maximum absolute atomic E-state index is 11.8. The van der Waals surface area contributed by atoms with Gasteiger partial charge in [0.2, 0.25) is 5.91 Å². The fourth-order valence-corrected chi connectivity index (χ4v) is 2.58. The van der Waals surface area contributed by atoms with E-state index < -0.39 is 5.60 Å². The van der Waals surface area contributed by atoms with Crippen LogP contribution < -0.4 is 5.32 Å². The Morgan fingerprint density at radius 1 is 1.45 bits per heavy atom. The number of hydrogen-bond acceptors (Lipinski definition) is 3. The minimum Gasteiger partial charge on any atom is -0.388 e. The number of aliphatic hydroxyl groups is 1. The molecule has 0 spiro atoms. The van der Waals surface area contributed by atoms with E-state index in [0.717, 1.165) is 31.4 Å². The molecule has 1 aliphatic carbocycles. The third-order valence-electron chi connectivity index (χ3n) is 3.89. The van der Waals surface area contributed by atoms with Gasteiger partial charge in [-0.25, -0.2) is 0 Å². The van der Waals surface area contributed by atoms with Gasteiger partial charge in [0.05, 0.1) is 11.3 Å². The quantitative estimate of drug-likeness (QED) is 0.649. The van der Waals surface area contributed by atoms with Gasteiger partial charge in [0.15, 0.2) is 0 Å². The standard InChI is InChI=1S/C15H23N3O2/c1-18-13(8-11-17-18)6-7-14(19)16-12-15(20)9-4-2-3-5-10-15/h6-8,11,20H,2-5,9-10,12H2,1H3,(H,16,19). The summed E-state index contributed by atoms with van der Waals surface area (Å²) in [5.74, 6) is -0.177. The number of nitrogens with one attached hydrogen (secondary N) is 1. The summed E-state index contributed by atoms with van der Waals surface area (Å²) in [4.78, 5) is 11.8. The van der Waals surface area contributed by atoms with Crippen LogP contribution in [0, 0.1) is 0 Å². The van der Waals surface area contributed by atoms with Gasteiger partial charge in [0, 0.05) is 25.9 Å². The van der Waals surface area contributed by atoms with Crippen LogP contribution in [0.5, 0.6) is 0 Å². The Bertz CT molecular complexity index is 471. The van der Waals surface area contributed by atoms with Crippen molar-refractivity contribution in [1.29, 1.82) is 0 Å². The average Bonchev–Trinajstić information content (AvgIpc) is 2.70. The molecule has 5 nitrogen and oxygen atoms in total. The van der Waals surface area contributed by atoms with E-state index in [9.17, 15) is 9.90 Å². The second kappa shape index (κ2) is 6.70. The summed E-state index contributed by atoms with van der Waals surface area (Å²) in [7, 11) is 1.83. The summed E-state index contributed by atoms with van der Waals surface area (Å²) in [6.45, 7) is 0.335. The van der Waals surface area contributed by atoms with E-state index >= 15 is 0 Å². The molecular formula is C15H23N3O2. The Morgan fingerprint density at radius 3 is 2.75 bits per heavy atom. The Morgan fingerprint density at radius 2 is 2.15 bits per heavy atom. The van der Waals surface area contributed by atoms with Gasteiger partial charge in [-0.15, -0.1) is 0 Å². The molecule has 0 saturated heterocycles. The molecule has 0 aliphatic heterocycles. The molecule has 5 heteroatoms. The summed E-state index contributed by atoms with van der Waals surface area (Å²) in [6.07, 6.45) is 10.9. The molecule has 0 bridgehead atoms. The van der Waals surface area contributed by atoms with Gasteiger partial charge in [0.25, 0.3) is 0 Å². The van der Waals surface area contributed by atoms with E-state index in [0.29, 0.717) is 6.54 Å². The first kappa shape index (κ1) is 14.8. The fraction of sp³-hybridized carbons (Fsp3) is 0.600. The average molecular weight is 277 g/mol. The molecule has 1 amide bonds. The van der Waals surface area contributed by atoms with Gasteiger partial charge < -0.3 is 10.4 Å². The molecule has 0 aromatic carbocycles. The lowest BCUT2D eigenvalue weighted by atomic mass is 9.94. The number of carbonyl (C=O) groups excluding carboxylic acids is 1. The van der Waals surface area contributed by atoms with Crippen molar-refractivity contribution in [2.24, 2.45) is 7.05 Å². The smallest absolute Gasteiger partial charge is 0.244 e. The van der Waals surface area contributed by atoms with Gasteiger partial charge >= 0.3 is 0 Å². The highest BCUT2D eigenvalue weighted by Crippen LogP contribution is 2.26. The van der Waals surface area contributed by atoms with Crippen LogP contribution in [0.1, 0.15) is 44.2 Å². The topological polar surface area (TPSA) is 67.2 Å². The van der Waals surface area contributed by atoms with Crippen molar-refractivity contribution in [3.05, 3.63) is 24.0 Å². The number of nitrogens with zero attached hydrogens (tertiary/aromatic N) is 2. The van der Waals surface area contributed by atoms with E-state index in [2.05, 4.69) is 10.4 Å². The van der Waals surface area contributed by atoms with E-state index in [-0.39, 0.29) is 5.91 Å². The van der Waals surface area contributed by atoms with Crippen molar-refractivity contribution in [1.82, 2.24) is 15.1 Å². The van der Waals surface area contributed by atoms with Gasteiger partial charge in [0.1, 0.15) is 0 Å². The first-order valence-corrected chi connectivity index (χ1v) is 7.25. The first-order chi connectivity index (χ1) is 9.59. The minimum absolute atomic E-state index is 0.177. The highest BCUT2D eigenvalue weighted by atomic mass is 16.3. The summed E-state index contributed by atoms with van der Waals surface area (Å²) in [5, 5.41) is 17.3. The lowest BCUT2D eigenvalue weighted by Gasteiger charge is -2.26. The minimum atomic E-state index is -0.730. The number of hydrogen-bond donors (Lipinski definition) is 2. The van der Waals surface area contributed by atoms with E-state index in [1.807, 2.05) is 13.1 Å².